The molecule has 2 atom stereocenters. The number of anilines is 1. The molecule has 5 nitrogen and oxygen atoms in total. The monoisotopic (exact) mass is 524 g/mol. The van der Waals surface area contributed by atoms with Crippen LogP contribution in [0.25, 0.3) is 0 Å². The Morgan fingerprint density at radius 2 is 1.47 bits per heavy atom. The van der Waals surface area contributed by atoms with Crippen LogP contribution in [-0.4, -0.2) is 28.0 Å². The molecule has 1 aliphatic heterocycles. The first kappa shape index (κ1) is 25.7. The maximum Gasteiger partial charge on any atom is 0.249 e. The van der Waals surface area contributed by atoms with Gasteiger partial charge in [0.05, 0.1) is 18.8 Å². The molecule has 4 aromatic carbocycles. The van der Waals surface area contributed by atoms with Crippen molar-refractivity contribution >= 4 is 21.9 Å². The van der Waals surface area contributed by atoms with E-state index in [4.69, 9.17) is 4.74 Å². The molecule has 0 N–H and O–H groups in total. The van der Waals surface area contributed by atoms with E-state index in [1.54, 1.807) is 13.3 Å². The van der Waals surface area contributed by atoms with Crippen molar-refractivity contribution < 1.29 is 13.2 Å². The number of aryl methyl sites for hydroxylation is 1. The van der Waals surface area contributed by atoms with Gasteiger partial charge in [0.2, 0.25) is 10.0 Å². The van der Waals surface area contributed by atoms with Crippen molar-refractivity contribution in [1.29, 1.82) is 0 Å². The van der Waals surface area contributed by atoms with Crippen LogP contribution in [0.5, 0.6) is 5.75 Å². The highest BCUT2D eigenvalue weighted by atomic mass is 32.2. The quantitative estimate of drug-likeness (QED) is 0.268. The number of fused-ring (bicyclic) bond motifs is 1. The van der Waals surface area contributed by atoms with Gasteiger partial charge in [-0.25, -0.2) is 8.42 Å². The summed E-state index contributed by atoms with van der Waals surface area (Å²) in [6.07, 6.45) is 2.78. The lowest BCUT2D eigenvalue weighted by Gasteiger charge is -2.47. The van der Waals surface area contributed by atoms with Crippen molar-refractivity contribution in [2.24, 2.45) is 4.40 Å². The van der Waals surface area contributed by atoms with Gasteiger partial charge in [0, 0.05) is 18.4 Å². The Bertz CT molecular complexity index is 1570. The van der Waals surface area contributed by atoms with Crippen LogP contribution < -0.4 is 9.64 Å². The Kier molecular flexibility index (Phi) is 6.61. The van der Waals surface area contributed by atoms with Crippen molar-refractivity contribution in [3.8, 4) is 5.75 Å². The van der Waals surface area contributed by atoms with Crippen LogP contribution in [-0.2, 0) is 27.5 Å². The van der Waals surface area contributed by atoms with E-state index in [-0.39, 0.29) is 0 Å². The van der Waals surface area contributed by atoms with E-state index in [2.05, 4.69) is 83.8 Å². The van der Waals surface area contributed by atoms with Crippen LogP contribution in [0.1, 0.15) is 34.7 Å². The number of ether oxygens (including phenoxy) is 1. The molecule has 0 unspecified atom stereocenters. The number of hydrogen-bond acceptors (Lipinski definition) is 4. The van der Waals surface area contributed by atoms with E-state index in [0.29, 0.717) is 6.54 Å². The van der Waals surface area contributed by atoms with Gasteiger partial charge in [-0.3, -0.25) is 0 Å². The molecule has 38 heavy (non-hydrogen) atoms. The summed E-state index contributed by atoms with van der Waals surface area (Å²) in [5.74, 6) is 0.741. The Morgan fingerprint density at radius 3 is 2.05 bits per heavy atom. The first-order valence-corrected chi connectivity index (χ1v) is 14.4. The summed E-state index contributed by atoms with van der Waals surface area (Å²) in [7, 11) is -2.01. The van der Waals surface area contributed by atoms with Crippen molar-refractivity contribution in [2.45, 2.75) is 31.3 Å². The molecule has 0 aliphatic carbocycles. The fourth-order valence-electron chi connectivity index (χ4n) is 5.76. The lowest BCUT2D eigenvalue weighted by Crippen LogP contribution is -2.56. The number of hydrogen-bond donors (Lipinski definition) is 0. The highest BCUT2D eigenvalue weighted by Crippen LogP contribution is 2.60. The van der Waals surface area contributed by atoms with E-state index < -0.39 is 21.0 Å². The molecule has 0 spiro atoms. The van der Waals surface area contributed by atoms with Crippen molar-refractivity contribution in [3.63, 3.8) is 0 Å². The molecule has 0 bridgehead atoms. The van der Waals surface area contributed by atoms with E-state index in [0.717, 1.165) is 39.9 Å². The third-order valence-corrected chi connectivity index (χ3v) is 8.17. The number of benzene rings is 4. The standard InChI is InChI=1S/C32H32N2O3S/c1-24-15-17-25(18-16-24)22-34-30-20-19-28(37-3)21-29(30)31(2,26-11-7-5-8-12-26)32(34,23-33-38(4,35)36)27-13-9-6-10-14-27/h5-21,23H,22H2,1-4H3/b33-23+/t31-,32-/m1/s1. The molecule has 0 radical (unpaired) electrons. The first-order chi connectivity index (χ1) is 18.2. The smallest absolute Gasteiger partial charge is 0.249 e. The molecular weight excluding hydrogens is 492 g/mol. The zero-order valence-corrected chi connectivity index (χ0v) is 22.9. The average Bonchev–Trinajstić information content (AvgIpc) is 3.14. The summed E-state index contributed by atoms with van der Waals surface area (Å²) in [4.78, 5) is 2.30. The number of methoxy groups -OCH3 is 1. The minimum Gasteiger partial charge on any atom is -0.497 e. The maximum atomic E-state index is 12.5. The number of nitrogens with zero attached hydrogens (tertiary/aromatic N) is 2. The third kappa shape index (κ3) is 4.29. The Balaban J connectivity index is 1.91. The molecule has 0 saturated heterocycles. The Hall–Kier alpha value is -3.90. The minimum atomic E-state index is -3.67. The Morgan fingerprint density at radius 1 is 0.868 bits per heavy atom. The summed E-state index contributed by atoms with van der Waals surface area (Å²) >= 11 is 0. The lowest BCUT2D eigenvalue weighted by molar-refractivity contribution is 0.385. The summed E-state index contributed by atoms with van der Waals surface area (Å²) in [6, 6.07) is 34.9. The molecule has 194 valence electrons. The van der Waals surface area contributed by atoms with Gasteiger partial charge in [0.25, 0.3) is 0 Å². The lowest BCUT2D eigenvalue weighted by atomic mass is 9.62. The summed E-state index contributed by atoms with van der Waals surface area (Å²) in [5.41, 5.74) is 4.63. The van der Waals surface area contributed by atoms with E-state index >= 15 is 0 Å². The molecule has 6 heteroatoms. The molecule has 5 rings (SSSR count). The van der Waals surface area contributed by atoms with Gasteiger partial charge in [0.1, 0.15) is 11.3 Å². The van der Waals surface area contributed by atoms with E-state index in [1.165, 1.54) is 5.56 Å². The average molecular weight is 525 g/mol. The molecule has 4 aromatic rings. The maximum absolute atomic E-state index is 12.5. The fourth-order valence-corrected chi connectivity index (χ4v) is 6.10. The molecule has 0 aromatic heterocycles. The van der Waals surface area contributed by atoms with E-state index in [1.807, 2.05) is 42.5 Å². The first-order valence-electron chi connectivity index (χ1n) is 12.6. The second-order valence-electron chi connectivity index (χ2n) is 10.0. The normalized spacial score (nSPS) is 21.0. The summed E-state index contributed by atoms with van der Waals surface area (Å²) in [5, 5.41) is 0. The zero-order chi connectivity index (χ0) is 27.0. The van der Waals surface area contributed by atoms with Crippen LogP contribution in [0.2, 0.25) is 0 Å². The van der Waals surface area contributed by atoms with Gasteiger partial charge in [-0.15, -0.1) is 0 Å². The van der Waals surface area contributed by atoms with Crippen LogP contribution in [0.15, 0.2) is 108 Å². The van der Waals surface area contributed by atoms with Crippen LogP contribution in [0.3, 0.4) is 0 Å². The highest BCUT2D eigenvalue weighted by molar-refractivity contribution is 7.89. The highest BCUT2D eigenvalue weighted by Gasteiger charge is 2.60. The topological polar surface area (TPSA) is 59.0 Å². The van der Waals surface area contributed by atoms with Gasteiger partial charge >= 0.3 is 0 Å². The minimum absolute atomic E-state index is 0.548. The third-order valence-electron chi connectivity index (χ3n) is 7.68. The second kappa shape index (κ2) is 9.76. The fraction of sp³-hybridized carbons (Fsp3) is 0.219. The van der Waals surface area contributed by atoms with Gasteiger partial charge < -0.3 is 9.64 Å². The predicted molar refractivity (Wildman–Crippen MR) is 155 cm³/mol. The van der Waals surface area contributed by atoms with Crippen LogP contribution >= 0.6 is 0 Å². The Labute approximate surface area is 225 Å². The summed E-state index contributed by atoms with van der Waals surface area (Å²) < 4.78 is 35.0. The molecule has 1 aliphatic rings. The van der Waals surface area contributed by atoms with Crippen LogP contribution in [0, 0.1) is 6.92 Å². The van der Waals surface area contributed by atoms with Gasteiger partial charge in [-0.05, 0) is 54.3 Å². The zero-order valence-electron chi connectivity index (χ0n) is 22.1. The second-order valence-corrected chi connectivity index (χ2v) is 11.7. The van der Waals surface area contributed by atoms with Crippen molar-refractivity contribution in [1.82, 2.24) is 0 Å². The van der Waals surface area contributed by atoms with Gasteiger partial charge in [-0.2, -0.15) is 4.40 Å². The molecule has 0 fully saturated rings. The molecule has 0 amide bonds. The number of rotatable bonds is 7. The van der Waals surface area contributed by atoms with E-state index in [9.17, 15) is 8.42 Å². The molecule has 0 saturated carbocycles. The van der Waals surface area contributed by atoms with Crippen molar-refractivity contribution in [2.75, 3.05) is 18.3 Å². The molecular formula is C32H32N2O3S. The van der Waals surface area contributed by atoms with Gasteiger partial charge in [-0.1, -0.05) is 90.5 Å². The summed E-state index contributed by atoms with van der Waals surface area (Å²) in [6.45, 7) is 4.80. The largest absolute Gasteiger partial charge is 0.497 e. The predicted octanol–water partition coefficient (Wildman–Crippen LogP) is 6.26. The van der Waals surface area contributed by atoms with Crippen LogP contribution in [0.4, 0.5) is 5.69 Å². The molecule has 1 heterocycles. The van der Waals surface area contributed by atoms with Gasteiger partial charge in [0.15, 0.2) is 0 Å². The SMILES string of the molecule is COc1ccc2c(c1)[C@@](C)(c1ccccc1)[C@@](/C=N/S(C)(=O)=O)(c1ccccc1)N2Cc1ccc(C)cc1. The van der Waals surface area contributed by atoms with Crippen molar-refractivity contribution in [3.05, 3.63) is 131 Å². The number of sulfonamides is 1.